The maximum atomic E-state index is 14.2. The molecule has 0 N–H and O–H groups in total. The van der Waals surface area contributed by atoms with E-state index in [1.165, 1.54) is 35.9 Å². The van der Waals surface area contributed by atoms with Gasteiger partial charge in [0.25, 0.3) is 0 Å². The van der Waals surface area contributed by atoms with Crippen LogP contribution in [0.5, 0.6) is 5.75 Å². The zero-order valence-corrected chi connectivity index (χ0v) is 18.7. The molecule has 0 bridgehead atoms. The maximum absolute atomic E-state index is 14.2. The Kier molecular flexibility index (Phi) is 6.62. The van der Waals surface area contributed by atoms with Gasteiger partial charge in [-0.25, -0.2) is 4.39 Å². The minimum atomic E-state index is -4.52. The van der Waals surface area contributed by atoms with Crippen LogP contribution in [0.15, 0.2) is 71.9 Å². The van der Waals surface area contributed by atoms with Crippen molar-refractivity contribution in [3.05, 3.63) is 88.7 Å². The normalized spacial score (nSPS) is 11.6. The van der Waals surface area contributed by atoms with Crippen molar-refractivity contribution in [2.75, 3.05) is 7.11 Å². The van der Waals surface area contributed by atoms with E-state index in [-0.39, 0.29) is 22.0 Å². The van der Waals surface area contributed by atoms with Crippen LogP contribution in [-0.2, 0) is 11.9 Å². The van der Waals surface area contributed by atoms with E-state index in [1.807, 2.05) is 0 Å². The van der Waals surface area contributed by atoms with Crippen molar-refractivity contribution in [1.82, 2.24) is 14.8 Å². The lowest BCUT2D eigenvalue weighted by Crippen LogP contribution is -2.07. The number of aromatic nitrogens is 3. The number of benzene rings is 3. The molecule has 0 unspecified atom stereocenters. The van der Waals surface area contributed by atoms with Gasteiger partial charge in [0.2, 0.25) is 0 Å². The Morgan fingerprint density at radius 3 is 2.39 bits per heavy atom. The van der Waals surface area contributed by atoms with Crippen LogP contribution in [0.4, 0.5) is 17.6 Å². The Labute approximate surface area is 196 Å². The Bertz CT molecular complexity index is 1260. The molecule has 3 aromatic carbocycles. The molecule has 33 heavy (non-hydrogen) atoms. The summed E-state index contributed by atoms with van der Waals surface area (Å²) in [6, 6.07) is 16.1. The molecule has 0 aliphatic carbocycles. The molecule has 0 saturated carbocycles. The Hall–Kier alpha value is -3.04. The molecular formula is C23H16ClF4N3OS. The molecule has 0 amide bonds. The fraction of sp³-hybridized carbons (Fsp3) is 0.130. The minimum Gasteiger partial charge on any atom is -0.497 e. The summed E-state index contributed by atoms with van der Waals surface area (Å²) >= 11 is 7.24. The van der Waals surface area contributed by atoms with Crippen LogP contribution in [0.25, 0.3) is 17.1 Å². The quantitative estimate of drug-likeness (QED) is 0.213. The second-order valence-electron chi connectivity index (χ2n) is 6.91. The number of ether oxygens (including phenoxy) is 1. The first-order chi connectivity index (χ1) is 15.8. The number of hydrogen-bond acceptors (Lipinski definition) is 4. The van der Waals surface area contributed by atoms with E-state index in [9.17, 15) is 17.6 Å². The minimum absolute atomic E-state index is 0.116. The molecule has 0 atom stereocenters. The summed E-state index contributed by atoms with van der Waals surface area (Å²) in [6.45, 7) is 0. The van der Waals surface area contributed by atoms with Crippen LogP contribution in [0.1, 0.15) is 11.1 Å². The highest BCUT2D eigenvalue weighted by Crippen LogP contribution is 2.35. The topological polar surface area (TPSA) is 39.9 Å². The Morgan fingerprint density at radius 2 is 1.73 bits per heavy atom. The molecular weight excluding hydrogens is 478 g/mol. The van der Waals surface area contributed by atoms with Crippen LogP contribution in [0, 0.1) is 5.82 Å². The third kappa shape index (κ3) is 4.99. The summed E-state index contributed by atoms with van der Waals surface area (Å²) in [5.74, 6) is 0.591. The monoisotopic (exact) mass is 493 g/mol. The average Bonchev–Trinajstić information content (AvgIpc) is 3.22. The first-order valence-corrected chi connectivity index (χ1v) is 11.0. The van der Waals surface area contributed by atoms with E-state index < -0.39 is 17.6 Å². The average molecular weight is 494 g/mol. The van der Waals surface area contributed by atoms with Gasteiger partial charge in [-0.15, -0.1) is 10.2 Å². The fourth-order valence-corrected chi connectivity index (χ4v) is 4.45. The predicted octanol–water partition coefficient (Wildman–Crippen LogP) is 7.05. The van der Waals surface area contributed by atoms with Crippen molar-refractivity contribution in [2.24, 2.45) is 0 Å². The molecule has 1 heterocycles. The molecule has 0 spiro atoms. The molecule has 0 aliphatic rings. The van der Waals surface area contributed by atoms with Gasteiger partial charge in [-0.05, 0) is 54.6 Å². The standard InChI is InChI=1S/C23H16ClF4N3OS/c1-32-17-10-8-14(9-11-17)21-29-30-22(33-13-18-19(24)6-3-7-20(18)25)31(21)16-5-2-4-15(12-16)23(26,27)28/h2-12H,13H2,1H3. The lowest BCUT2D eigenvalue weighted by Gasteiger charge is -2.14. The maximum Gasteiger partial charge on any atom is 0.416 e. The van der Waals surface area contributed by atoms with Crippen molar-refractivity contribution < 1.29 is 22.3 Å². The summed E-state index contributed by atoms with van der Waals surface area (Å²) in [5, 5.41) is 8.93. The number of alkyl halides is 3. The molecule has 170 valence electrons. The number of nitrogens with zero attached hydrogens (tertiary/aromatic N) is 3. The molecule has 4 rings (SSSR count). The number of methoxy groups -OCH3 is 1. The van der Waals surface area contributed by atoms with Crippen LogP contribution in [0.3, 0.4) is 0 Å². The van der Waals surface area contributed by atoms with Gasteiger partial charge in [0, 0.05) is 21.9 Å². The zero-order valence-electron chi connectivity index (χ0n) is 17.1. The fourth-order valence-electron chi connectivity index (χ4n) is 3.15. The van der Waals surface area contributed by atoms with E-state index in [0.717, 1.165) is 23.9 Å². The van der Waals surface area contributed by atoms with Crippen molar-refractivity contribution in [3.63, 3.8) is 0 Å². The summed E-state index contributed by atoms with van der Waals surface area (Å²) in [7, 11) is 1.53. The second kappa shape index (κ2) is 9.44. The number of thioether (sulfide) groups is 1. The van der Waals surface area contributed by atoms with E-state index >= 15 is 0 Å². The molecule has 0 saturated heterocycles. The Balaban J connectivity index is 1.79. The highest BCUT2D eigenvalue weighted by Gasteiger charge is 2.31. The lowest BCUT2D eigenvalue weighted by molar-refractivity contribution is -0.137. The first-order valence-electron chi connectivity index (χ1n) is 9.61. The van der Waals surface area contributed by atoms with Gasteiger partial charge < -0.3 is 4.74 Å². The molecule has 1 aromatic heterocycles. The van der Waals surface area contributed by atoms with Crippen molar-refractivity contribution in [3.8, 4) is 22.8 Å². The molecule has 0 radical (unpaired) electrons. The lowest BCUT2D eigenvalue weighted by atomic mass is 10.1. The van der Waals surface area contributed by atoms with E-state index in [2.05, 4.69) is 10.2 Å². The van der Waals surface area contributed by atoms with Crippen molar-refractivity contribution in [1.29, 1.82) is 0 Å². The van der Waals surface area contributed by atoms with Gasteiger partial charge in [-0.3, -0.25) is 4.57 Å². The molecule has 4 nitrogen and oxygen atoms in total. The zero-order chi connectivity index (χ0) is 23.6. The summed E-state index contributed by atoms with van der Waals surface area (Å²) in [5.41, 5.74) is 0.315. The van der Waals surface area contributed by atoms with Crippen molar-refractivity contribution >= 4 is 23.4 Å². The van der Waals surface area contributed by atoms with E-state index in [4.69, 9.17) is 16.3 Å². The van der Waals surface area contributed by atoms with E-state index in [1.54, 1.807) is 30.3 Å². The van der Waals surface area contributed by atoms with Crippen LogP contribution >= 0.6 is 23.4 Å². The first kappa shape index (κ1) is 23.1. The predicted molar refractivity (Wildman–Crippen MR) is 119 cm³/mol. The number of rotatable bonds is 6. The molecule has 0 fully saturated rings. The van der Waals surface area contributed by atoms with E-state index in [0.29, 0.717) is 22.3 Å². The third-order valence-electron chi connectivity index (χ3n) is 4.82. The van der Waals surface area contributed by atoms with Crippen LogP contribution < -0.4 is 4.74 Å². The third-order valence-corrected chi connectivity index (χ3v) is 6.13. The van der Waals surface area contributed by atoms with Gasteiger partial charge >= 0.3 is 6.18 Å². The smallest absolute Gasteiger partial charge is 0.416 e. The molecule has 4 aromatic rings. The van der Waals surface area contributed by atoms with Crippen LogP contribution in [0.2, 0.25) is 5.02 Å². The highest BCUT2D eigenvalue weighted by molar-refractivity contribution is 7.98. The van der Waals surface area contributed by atoms with Gasteiger partial charge in [-0.1, -0.05) is 35.5 Å². The highest BCUT2D eigenvalue weighted by atomic mass is 35.5. The Morgan fingerprint density at radius 1 is 1.00 bits per heavy atom. The largest absolute Gasteiger partial charge is 0.497 e. The second-order valence-corrected chi connectivity index (χ2v) is 8.26. The van der Waals surface area contributed by atoms with Gasteiger partial charge in [0.1, 0.15) is 11.6 Å². The van der Waals surface area contributed by atoms with Gasteiger partial charge in [0.05, 0.1) is 18.4 Å². The number of hydrogen-bond donors (Lipinski definition) is 0. The SMILES string of the molecule is COc1ccc(-c2nnc(SCc3c(F)cccc3Cl)n2-c2cccc(C(F)(F)F)c2)cc1. The summed E-state index contributed by atoms with van der Waals surface area (Å²) < 4.78 is 61.0. The molecule has 0 aliphatic heterocycles. The number of halogens is 5. The summed E-state index contributed by atoms with van der Waals surface area (Å²) in [6.07, 6.45) is -4.52. The van der Waals surface area contributed by atoms with Gasteiger partial charge in [-0.2, -0.15) is 13.2 Å². The van der Waals surface area contributed by atoms with Crippen LogP contribution in [-0.4, -0.2) is 21.9 Å². The van der Waals surface area contributed by atoms with Crippen molar-refractivity contribution in [2.45, 2.75) is 17.1 Å². The molecule has 10 heteroatoms. The van der Waals surface area contributed by atoms with Gasteiger partial charge in [0.15, 0.2) is 11.0 Å². The summed E-state index contributed by atoms with van der Waals surface area (Å²) in [4.78, 5) is 0.